The van der Waals surface area contributed by atoms with E-state index in [0.717, 1.165) is 24.2 Å². The molecule has 0 bridgehead atoms. The predicted octanol–water partition coefficient (Wildman–Crippen LogP) is 4.90. The van der Waals surface area contributed by atoms with Crippen molar-refractivity contribution in [3.05, 3.63) is 71.5 Å². The van der Waals surface area contributed by atoms with Gasteiger partial charge in [-0.15, -0.1) is 0 Å². The Morgan fingerprint density at radius 1 is 1.37 bits per heavy atom. The van der Waals surface area contributed by atoms with Gasteiger partial charge in [0.15, 0.2) is 0 Å². The van der Waals surface area contributed by atoms with Crippen LogP contribution in [0.1, 0.15) is 29.5 Å². The summed E-state index contributed by atoms with van der Waals surface area (Å²) in [6.07, 6.45) is 8.12. The Bertz CT molecular complexity index is 573. The lowest BCUT2D eigenvalue weighted by Gasteiger charge is -2.18. The monoisotopic (exact) mass is 252 g/mol. The number of hydrogen-bond donors (Lipinski definition) is 0. The highest BCUT2D eigenvalue weighted by Crippen LogP contribution is 2.32. The summed E-state index contributed by atoms with van der Waals surface area (Å²) < 4.78 is 5.31. The second kappa shape index (κ2) is 5.75. The Labute approximate surface area is 115 Å². The molecule has 0 amide bonds. The standard InChI is InChI=1S/C18H20O/c1-5-17-13(2)8-6-11-18(17)14(3)15-9-7-10-16(12-15)19-4/h5-6,8,10-12H,1,3,7,9H2,2,4H3. The van der Waals surface area contributed by atoms with E-state index in [1.807, 2.05) is 6.08 Å². The number of benzene rings is 1. The smallest absolute Gasteiger partial charge is 0.115 e. The van der Waals surface area contributed by atoms with Crippen molar-refractivity contribution in [1.29, 1.82) is 0 Å². The Morgan fingerprint density at radius 2 is 2.16 bits per heavy atom. The highest BCUT2D eigenvalue weighted by molar-refractivity contribution is 5.83. The van der Waals surface area contributed by atoms with Gasteiger partial charge in [-0.2, -0.15) is 0 Å². The van der Waals surface area contributed by atoms with Gasteiger partial charge >= 0.3 is 0 Å². The third-order valence-electron chi connectivity index (χ3n) is 3.55. The fraction of sp³-hybridized carbons (Fsp3) is 0.222. The number of allylic oxidation sites excluding steroid dienone is 4. The lowest BCUT2D eigenvalue weighted by atomic mass is 9.88. The zero-order chi connectivity index (χ0) is 13.8. The molecule has 0 aliphatic heterocycles. The van der Waals surface area contributed by atoms with Gasteiger partial charge in [0.25, 0.3) is 0 Å². The fourth-order valence-corrected chi connectivity index (χ4v) is 2.44. The zero-order valence-electron chi connectivity index (χ0n) is 11.7. The molecule has 0 fully saturated rings. The van der Waals surface area contributed by atoms with Crippen molar-refractivity contribution in [2.24, 2.45) is 0 Å². The molecule has 0 unspecified atom stereocenters. The van der Waals surface area contributed by atoms with Crippen LogP contribution in [-0.2, 0) is 4.74 Å². The molecule has 0 heterocycles. The van der Waals surface area contributed by atoms with E-state index in [1.54, 1.807) is 7.11 Å². The van der Waals surface area contributed by atoms with Crippen LogP contribution in [-0.4, -0.2) is 7.11 Å². The van der Waals surface area contributed by atoms with E-state index < -0.39 is 0 Å². The van der Waals surface area contributed by atoms with E-state index in [-0.39, 0.29) is 0 Å². The van der Waals surface area contributed by atoms with Gasteiger partial charge in [-0.05, 0) is 59.8 Å². The zero-order valence-corrected chi connectivity index (χ0v) is 11.7. The molecule has 0 N–H and O–H groups in total. The molecule has 19 heavy (non-hydrogen) atoms. The first-order valence-electron chi connectivity index (χ1n) is 6.53. The minimum absolute atomic E-state index is 0.926. The van der Waals surface area contributed by atoms with Crippen molar-refractivity contribution in [2.75, 3.05) is 7.11 Å². The largest absolute Gasteiger partial charge is 0.497 e. The molecule has 1 aromatic carbocycles. The summed E-state index contributed by atoms with van der Waals surface area (Å²) in [6, 6.07) is 6.28. The molecule has 2 rings (SSSR count). The van der Waals surface area contributed by atoms with Crippen molar-refractivity contribution in [1.82, 2.24) is 0 Å². The fourth-order valence-electron chi connectivity index (χ4n) is 2.44. The van der Waals surface area contributed by atoms with Gasteiger partial charge in [0, 0.05) is 0 Å². The number of ether oxygens (including phenoxy) is 1. The highest BCUT2D eigenvalue weighted by atomic mass is 16.5. The molecule has 0 aromatic heterocycles. The topological polar surface area (TPSA) is 9.23 Å². The molecule has 98 valence electrons. The molecule has 0 spiro atoms. The molecule has 0 atom stereocenters. The number of hydrogen-bond acceptors (Lipinski definition) is 1. The maximum absolute atomic E-state index is 5.31. The Hall–Kier alpha value is -2.02. The normalized spacial score (nSPS) is 14.4. The maximum atomic E-state index is 5.31. The van der Waals surface area contributed by atoms with Crippen LogP contribution in [0, 0.1) is 6.92 Å². The second-order valence-electron chi connectivity index (χ2n) is 4.74. The van der Waals surface area contributed by atoms with E-state index in [9.17, 15) is 0 Å². The quantitative estimate of drug-likeness (QED) is 0.740. The lowest BCUT2D eigenvalue weighted by Crippen LogP contribution is -1.99. The lowest BCUT2D eigenvalue weighted by molar-refractivity contribution is 0.303. The first-order chi connectivity index (χ1) is 9.17. The van der Waals surface area contributed by atoms with Crippen LogP contribution in [0.3, 0.4) is 0 Å². The number of aryl methyl sites for hydroxylation is 1. The van der Waals surface area contributed by atoms with Crippen LogP contribution in [0.25, 0.3) is 11.6 Å². The molecular weight excluding hydrogens is 232 g/mol. The third-order valence-corrected chi connectivity index (χ3v) is 3.55. The number of methoxy groups -OCH3 is 1. The first kappa shape index (κ1) is 13.4. The summed E-state index contributed by atoms with van der Waals surface area (Å²) in [5, 5.41) is 0. The van der Waals surface area contributed by atoms with E-state index in [4.69, 9.17) is 4.74 Å². The maximum Gasteiger partial charge on any atom is 0.115 e. The Balaban J connectivity index is 2.41. The van der Waals surface area contributed by atoms with Gasteiger partial charge in [-0.3, -0.25) is 0 Å². The minimum atomic E-state index is 0.926. The van der Waals surface area contributed by atoms with Gasteiger partial charge < -0.3 is 4.74 Å². The first-order valence-corrected chi connectivity index (χ1v) is 6.53. The van der Waals surface area contributed by atoms with E-state index in [1.165, 1.54) is 22.3 Å². The third kappa shape index (κ3) is 2.70. The molecule has 1 aliphatic carbocycles. The molecule has 0 saturated heterocycles. The van der Waals surface area contributed by atoms with Crippen molar-refractivity contribution >= 4 is 11.6 Å². The van der Waals surface area contributed by atoms with E-state index in [2.05, 4.69) is 50.4 Å². The summed E-state index contributed by atoms with van der Waals surface area (Å²) in [5.41, 5.74) is 5.88. The van der Waals surface area contributed by atoms with Crippen molar-refractivity contribution in [3.63, 3.8) is 0 Å². The molecule has 0 saturated carbocycles. The minimum Gasteiger partial charge on any atom is -0.497 e. The van der Waals surface area contributed by atoms with Crippen molar-refractivity contribution in [2.45, 2.75) is 19.8 Å². The summed E-state index contributed by atoms with van der Waals surface area (Å²) in [7, 11) is 1.70. The van der Waals surface area contributed by atoms with Gasteiger partial charge in [0.05, 0.1) is 7.11 Å². The van der Waals surface area contributed by atoms with Gasteiger partial charge in [0.1, 0.15) is 5.76 Å². The van der Waals surface area contributed by atoms with Gasteiger partial charge in [0.2, 0.25) is 0 Å². The number of rotatable bonds is 4. The van der Waals surface area contributed by atoms with Gasteiger partial charge in [-0.1, -0.05) is 37.4 Å². The van der Waals surface area contributed by atoms with Crippen LogP contribution >= 0.6 is 0 Å². The van der Waals surface area contributed by atoms with Crippen LogP contribution in [0.2, 0.25) is 0 Å². The Morgan fingerprint density at radius 3 is 2.84 bits per heavy atom. The summed E-state index contributed by atoms with van der Waals surface area (Å²) >= 11 is 0. The SMILES string of the molecule is C=Cc1c(C)cccc1C(=C)C1=CC(OC)=CCC1. The van der Waals surface area contributed by atoms with Crippen LogP contribution in [0.15, 0.2) is 54.8 Å². The van der Waals surface area contributed by atoms with Gasteiger partial charge in [-0.25, -0.2) is 0 Å². The molecular formula is C18H20O. The molecule has 1 nitrogen and oxygen atoms in total. The predicted molar refractivity (Wildman–Crippen MR) is 82.7 cm³/mol. The van der Waals surface area contributed by atoms with E-state index >= 15 is 0 Å². The van der Waals surface area contributed by atoms with Crippen LogP contribution in [0.5, 0.6) is 0 Å². The summed E-state index contributed by atoms with van der Waals surface area (Å²) in [5.74, 6) is 0.926. The molecule has 1 aliphatic rings. The van der Waals surface area contributed by atoms with Crippen molar-refractivity contribution in [3.8, 4) is 0 Å². The average Bonchev–Trinajstić information content (AvgIpc) is 2.46. The second-order valence-corrected chi connectivity index (χ2v) is 4.74. The van der Waals surface area contributed by atoms with E-state index in [0.29, 0.717) is 0 Å². The van der Waals surface area contributed by atoms with Crippen molar-refractivity contribution < 1.29 is 4.74 Å². The molecule has 1 heteroatoms. The average molecular weight is 252 g/mol. The highest BCUT2D eigenvalue weighted by Gasteiger charge is 2.13. The summed E-state index contributed by atoms with van der Waals surface area (Å²) in [6.45, 7) is 10.3. The molecule has 0 radical (unpaired) electrons. The summed E-state index contributed by atoms with van der Waals surface area (Å²) in [4.78, 5) is 0. The van der Waals surface area contributed by atoms with Crippen LogP contribution in [0.4, 0.5) is 0 Å². The van der Waals surface area contributed by atoms with Crippen LogP contribution < -0.4 is 0 Å². The molecule has 1 aromatic rings. The Kier molecular flexibility index (Phi) is 4.06.